The number of H-pyrrole nitrogens is 2. The first-order chi connectivity index (χ1) is 11.3. The van der Waals surface area contributed by atoms with E-state index in [-0.39, 0.29) is 5.78 Å². The number of nitrogens with one attached hydrogen (secondary N) is 3. The van der Waals surface area contributed by atoms with Crippen LogP contribution in [0.2, 0.25) is 0 Å². The zero-order chi connectivity index (χ0) is 15.6. The molecule has 0 aliphatic heterocycles. The smallest absolute Gasteiger partial charge is 0.209 e. The molecule has 0 saturated carbocycles. The van der Waals surface area contributed by atoms with Crippen LogP contribution in [0.25, 0.3) is 0 Å². The molecule has 0 radical (unpaired) electrons. The van der Waals surface area contributed by atoms with Crippen LogP contribution in [0.1, 0.15) is 15.9 Å². The second kappa shape index (κ2) is 5.38. The molecule has 0 spiro atoms. The fourth-order valence-corrected chi connectivity index (χ4v) is 2.43. The van der Waals surface area contributed by atoms with E-state index >= 15 is 0 Å². The Labute approximate surface area is 131 Å². The minimum Gasteiger partial charge on any atom is -0.337 e. The Morgan fingerprint density at radius 1 is 0.957 bits per heavy atom. The van der Waals surface area contributed by atoms with Crippen molar-refractivity contribution in [2.75, 3.05) is 5.32 Å². The summed E-state index contributed by atoms with van der Waals surface area (Å²) in [6.45, 7) is 0. The summed E-state index contributed by atoms with van der Waals surface area (Å²) in [6, 6.07) is 10.9. The molecule has 4 rings (SSSR count). The van der Waals surface area contributed by atoms with Crippen molar-refractivity contribution in [3.05, 3.63) is 71.7 Å². The molecular formula is C16H12N6O. The average molecular weight is 304 g/mol. The fourth-order valence-electron chi connectivity index (χ4n) is 2.43. The molecule has 7 nitrogen and oxygen atoms in total. The van der Waals surface area contributed by atoms with Crippen LogP contribution in [0.5, 0.6) is 0 Å². The van der Waals surface area contributed by atoms with E-state index in [1.54, 1.807) is 36.7 Å². The molecular weight excluding hydrogens is 292 g/mol. The number of hydrogen-bond acceptors (Lipinski definition) is 5. The second-order valence-electron chi connectivity index (χ2n) is 4.97. The third-order valence-electron chi connectivity index (χ3n) is 3.47. The van der Waals surface area contributed by atoms with Gasteiger partial charge in [0.05, 0.1) is 23.8 Å². The zero-order valence-electron chi connectivity index (χ0n) is 11.9. The molecule has 7 heteroatoms. The molecule has 112 valence electrons. The van der Waals surface area contributed by atoms with Crippen LogP contribution in [0.3, 0.4) is 0 Å². The van der Waals surface area contributed by atoms with Crippen molar-refractivity contribution in [1.82, 2.24) is 20.4 Å². The van der Waals surface area contributed by atoms with Crippen molar-refractivity contribution >= 4 is 23.1 Å². The number of nitrogens with zero attached hydrogens (tertiary/aromatic N) is 3. The van der Waals surface area contributed by atoms with Gasteiger partial charge in [0.1, 0.15) is 11.6 Å². The Balaban J connectivity index is 1.81. The largest absolute Gasteiger partial charge is 0.337 e. The standard InChI is InChI=1S/C16H12N6O/c23-16-11-4-2-1-3-10(11)12(19-14-5-7-17-21-14)9-13(16)20-15-6-8-18-22-15/h1-9H,(H,17,21)(H2,18,20,22)/b19-12-. The fraction of sp³-hybridized carbons (Fsp3) is 0. The Morgan fingerprint density at radius 2 is 1.74 bits per heavy atom. The van der Waals surface area contributed by atoms with Gasteiger partial charge >= 0.3 is 0 Å². The summed E-state index contributed by atoms with van der Waals surface area (Å²) < 4.78 is 0. The van der Waals surface area contributed by atoms with E-state index in [1.807, 2.05) is 18.2 Å². The maximum Gasteiger partial charge on any atom is 0.209 e. The first-order valence-corrected chi connectivity index (χ1v) is 7.01. The van der Waals surface area contributed by atoms with Crippen LogP contribution < -0.4 is 5.32 Å². The normalized spacial score (nSPS) is 15.4. The van der Waals surface area contributed by atoms with E-state index in [0.717, 1.165) is 5.56 Å². The van der Waals surface area contributed by atoms with Crippen molar-refractivity contribution in [2.45, 2.75) is 0 Å². The van der Waals surface area contributed by atoms with Gasteiger partial charge in [-0.1, -0.05) is 24.3 Å². The number of anilines is 1. The molecule has 3 N–H and O–H groups in total. The second-order valence-corrected chi connectivity index (χ2v) is 4.97. The Hall–Kier alpha value is -3.48. The van der Waals surface area contributed by atoms with Gasteiger partial charge in [-0.25, -0.2) is 4.99 Å². The molecule has 2 heterocycles. The van der Waals surface area contributed by atoms with Crippen LogP contribution in [0.15, 0.2) is 65.6 Å². The molecule has 1 aliphatic carbocycles. The highest BCUT2D eigenvalue weighted by Gasteiger charge is 2.24. The van der Waals surface area contributed by atoms with E-state index in [9.17, 15) is 4.79 Å². The third kappa shape index (κ3) is 2.44. The molecule has 0 unspecified atom stereocenters. The number of aromatic nitrogens is 4. The first-order valence-electron chi connectivity index (χ1n) is 7.01. The quantitative estimate of drug-likeness (QED) is 0.692. The highest BCUT2D eigenvalue weighted by atomic mass is 16.1. The number of carbonyl (C=O) groups is 1. The highest BCUT2D eigenvalue weighted by molar-refractivity contribution is 6.27. The number of hydrogen-bond donors (Lipinski definition) is 3. The van der Waals surface area contributed by atoms with Gasteiger partial charge in [0.15, 0.2) is 0 Å². The summed E-state index contributed by atoms with van der Waals surface area (Å²) in [5.74, 6) is 1.19. The van der Waals surface area contributed by atoms with Crippen molar-refractivity contribution < 1.29 is 4.79 Å². The molecule has 0 amide bonds. The van der Waals surface area contributed by atoms with Gasteiger partial charge in [-0.05, 0) is 6.08 Å². The number of Topliss-reactive ketones (excluding diaryl/α,β-unsaturated/α-hetero) is 1. The summed E-state index contributed by atoms with van der Waals surface area (Å²) in [4.78, 5) is 17.2. The lowest BCUT2D eigenvalue weighted by Gasteiger charge is -2.17. The van der Waals surface area contributed by atoms with Gasteiger partial charge in [-0.3, -0.25) is 15.0 Å². The Morgan fingerprint density at radius 3 is 2.48 bits per heavy atom. The molecule has 1 aliphatic rings. The third-order valence-corrected chi connectivity index (χ3v) is 3.47. The monoisotopic (exact) mass is 304 g/mol. The lowest BCUT2D eigenvalue weighted by Crippen LogP contribution is -2.22. The predicted octanol–water partition coefficient (Wildman–Crippen LogP) is 2.45. The lowest BCUT2D eigenvalue weighted by atomic mass is 9.92. The summed E-state index contributed by atoms with van der Waals surface area (Å²) in [7, 11) is 0. The van der Waals surface area contributed by atoms with Crippen molar-refractivity contribution in [3.63, 3.8) is 0 Å². The van der Waals surface area contributed by atoms with Crippen molar-refractivity contribution in [2.24, 2.45) is 4.99 Å². The summed E-state index contributed by atoms with van der Waals surface area (Å²) >= 11 is 0. The van der Waals surface area contributed by atoms with Crippen LogP contribution >= 0.6 is 0 Å². The molecule has 2 aromatic heterocycles. The molecule has 0 fully saturated rings. The molecule has 1 aromatic carbocycles. The minimum atomic E-state index is -0.0845. The van der Waals surface area contributed by atoms with Crippen molar-refractivity contribution in [1.29, 1.82) is 0 Å². The maximum atomic E-state index is 12.7. The lowest BCUT2D eigenvalue weighted by molar-refractivity contribution is 0.103. The van der Waals surface area contributed by atoms with Crippen LogP contribution in [-0.2, 0) is 0 Å². The van der Waals surface area contributed by atoms with Crippen LogP contribution in [0, 0.1) is 0 Å². The number of carbonyl (C=O) groups excluding carboxylic acids is 1. The van der Waals surface area contributed by atoms with Gasteiger partial charge in [0.25, 0.3) is 0 Å². The molecule has 3 aromatic rings. The highest BCUT2D eigenvalue weighted by Crippen LogP contribution is 2.24. The van der Waals surface area contributed by atoms with Crippen LogP contribution in [-0.4, -0.2) is 31.9 Å². The Bertz CT molecular complexity index is 906. The van der Waals surface area contributed by atoms with Gasteiger partial charge in [0.2, 0.25) is 5.78 Å². The number of allylic oxidation sites excluding steroid dienone is 2. The number of aliphatic imine (C=N–C) groups is 1. The molecule has 0 atom stereocenters. The topological polar surface area (TPSA) is 98.8 Å². The average Bonchev–Trinajstić information content (AvgIpc) is 3.26. The molecule has 0 bridgehead atoms. The van der Waals surface area contributed by atoms with E-state index in [4.69, 9.17) is 0 Å². The summed E-state index contributed by atoms with van der Waals surface area (Å²) in [5, 5.41) is 16.4. The van der Waals surface area contributed by atoms with Gasteiger partial charge in [-0.15, -0.1) is 0 Å². The maximum absolute atomic E-state index is 12.7. The minimum absolute atomic E-state index is 0.0845. The van der Waals surface area contributed by atoms with Gasteiger partial charge in [0, 0.05) is 23.3 Å². The van der Waals surface area contributed by atoms with E-state index < -0.39 is 0 Å². The van der Waals surface area contributed by atoms with Gasteiger partial charge < -0.3 is 5.32 Å². The molecule has 23 heavy (non-hydrogen) atoms. The summed E-state index contributed by atoms with van der Waals surface area (Å²) in [5.41, 5.74) is 2.52. The SMILES string of the molecule is O=C1C(Nc2ccn[nH]2)=C/C(=N/c2ccn[nH]2)c2ccccc21. The Kier molecular flexibility index (Phi) is 3.09. The van der Waals surface area contributed by atoms with E-state index in [1.165, 1.54) is 0 Å². The zero-order valence-corrected chi connectivity index (χ0v) is 11.9. The van der Waals surface area contributed by atoms with Crippen LogP contribution in [0.4, 0.5) is 11.6 Å². The number of fused-ring (bicyclic) bond motifs is 1. The number of aromatic amines is 2. The van der Waals surface area contributed by atoms with E-state index in [0.29, 0.717) is 28.6 Å². The number of benzene rings is 1. The number of rotatable bonds is 3. The summed E-state index contributed by atoms with van der Waals surface area (Å²) in [6.07, 6.45) is 4.98. The van der Waals surface area contributed by atoms with Gasteiger partial charge in [-0.2, -0.15) is 10.2 Å². The molecule has 0 saturated heterocycles. The predicted molar refractivity (Wildman–Crippen MR) is 85.9 cm³/mol. The number of ketones is 1. The first kappa shape index (κ1) is 13.2. The van der Waals surface area contributed by atoms with E-state index in [2.05, 4.69) is 30.7 Å². The van der Waals surface area contributed by atoms with Crippen molar-refractivity contribution in [3.8, 4) is 0 Å².